The molecule has 2 N–H and O–H groups in total. The van der Waals surface area contributed by atoms with E-state index >= 15 is 0 Å². The fraction of sp³-hybridized carbons (Fsp3) is 0.400. The van der Waals surface area contributed by atoms with E-state index in [-0.39, 0.29) is 18.6 Å². The molecule has 8 nitrogen and oxygen atoms in total. The summed E-state index contributed by atoms with van der Waals surface area (Å²) in [4.78, 5) is 4.43. The van der Waals surface area contributed by atoms with Crippen molar-refractivity contribution in [1.82, 2.24) is 14.6 Å². The maximum Gasteiger partial charge on any atom is 0.203 e. The Morgan fingerprint density at radius 2 is 1.75 bits per heavy atom. The first-order chi connectivity index (χ1) is 13.5. The fourth-order valence-corrected chi connectivity index (χ4v) is 2.99. The molecule has 3 aromatic rings. The number of aromatic nitrogens is 3. The molecule has 8 heteroatoms. The monoisotopic (exact) mass is 386 g/mol. The molecule has 0 amide bonds. The fourth-order valence-electron chi connectivity index (χ4n) is 2.99. The van der Waals surface area contributed by atoms with Gasteiger partial charge in [0.2, 0.25) is 5.75 Å². The summed E-state index contributed by atoms with van der Waals surface area (Å²) in [5.41, 5.74) is 2.32. The van der Waals surface area contributed by atoms with Crippen molar-refractivity contribution in [1.29, 1.82) is 0 Å². The zero-order valence-corrected chi connectivity index (χ0v) is 16.8. The number of hydrogen-bond acceptors (Lipinski definition) is 7. The number of aliphatic hydroxyl groups is 1. The topological polar surface area (TPSA) is 90.1 Å². The van der Waals surface area contributed by atoms with Crippen LogP contribution in [0.15, 0.2) is 30.5 Å². The summed E-state index contributed by atoms with van der Waals surface area (Å²) in [6.45, 7) is 4.12. The van der Waals surface area contributed by atoms with Crippen molar-refractivity contribution in [2.75, 3.05) is 33.3 Å². The second-order valence-electron chi connectivity index (χ2n) is 6.72. The Bertz CT molecular complexity index is 930. The molecule has 2 heterocycles. The Morgan fingerprint density at radius 1 is 1.07 bits per heavy atom. The lowest BCUT2D eigenvalue weighted by Crippen LogP contribution is -2.30. The summed E-state index contributed by atoms with van der Waals surface area (Å²) in [6.07, 6.45) is 1.75. The van der Waals surface area contributed by atoms with Crippen molar-refractivity contribution in [2.24, 2.45) is 5.92 Å². The molecular weight excluding hydrogens is 360 g/mol. The molecule has 0 saturated heterocycles. The molecule has 0 bridgehead atoms. The Kier molecular flexibility index (Phi) is 5.89. The van der Waals surface area contributed by atoms with E-state index in [1.807, 2.05) is 38.1 Å². The van der Waals surface area contributed by atoms with Crippen LogP contribution in [0, 0.1) is 5.92 Å². The van der Waals surface area contributed by atoms with E-state index in [4.69, 9.17) is 14.2 Å². The Labute approximate surface area is 164 Å². The quantitative estimate of drug-likeness (QED) is 0.615. The maximum atomic E-state index is 9.58. The number of fused-ring (bicyclic) bond motifs is 1. The second-order valence-corrected chi connectivity index (χ2v) is 6.72. The van der Waals surface area contributed by atoms with Crippen LogP contribution in [-0.4, -0.2) is 53.7 Å². The minimum Gasteiger partial charge on any atom is -0.493 e. The minimum atomic E-state index is -0.0851. The van der Waals surface area contributed by atoms with Crippen LogP contribution >= 0.6 is 0 Å². The Balaban J connectivity index is 2.07. The van der Waals surface area contributed by atoms with Gasteiger partial charge in [0, 0.05) is 5.56 Å². The van der Waals surface area contributed by atoms with Gasteiger partial charge in [0.05, 0.1) is 45.9 Å². The lowest BCUT2D eigenvalue weighted by molar-refractivity contribution is 0.249. The molecule has 1 atom stereocenters. The second kappa shape index (κ2) is 8.35. The molecule has 150 valence electrons. The van der Waals surface area contributed by atoms with Crippen LogP contribution in [-0.2, 0) is 0 Å². The summed E-state index contributed by atoms with van der Waals surface area (Å²) in [5.74, 6) is 2.56. The number of aliphatic hydroxyl groups excluding tert-OH is 1. The number of benzene rings is 1. The van der Waals surface area contributed by atoms with Crippen molar-refractivity contribution in [3.05, 3.63) is 30.5 Å². The van der Waals surface area contributed by atoms with Crippen molar-refractivity contribution in [3.63, 3.8) is 0 Å². The Hall–Kier alpha value is -3.00. The summed E-state index contributed by atoms with van der Waals surface area (Å²) in [7, 11) is 4.73. The van der Waals surface area contributed by atoms with Crippen molar-refractivity contribution < 1.29 is 19.3 Å². The van der Waals surface area contributed by atoms with Gasteiger partial charge in [-0.25, -0.2) is 9.50 Å². The van der Waals surface area contributed by atoms with Crippen LogP contribution in [0.1, 0.15) is 13.8 Å². The van der Waals surface area contributed by atoms with E-state index in [1.165, 1.54) is 0 Å². The SMILES string of the molecule is COc1cc(-c2cnc3ccc(N[C@H](CO)C(C)C)nn23)cc(OC)c1OC. The van der Waals surface area contributed by atoms with Gasteiger partial charge in [0.25, 0.3) is 0 Å². The first kappa shape index (κ1) is 19.8. The molecular formula is C20H26N4O4. The largest absolute Gasteiger partial charge is 0.493 e. The third-order valence-corrected chi connectivity index (χ3v) is 4.66. The number of imidazole rings is 1. The molecule has 0 spiro atoms. The van der Waals surface area contributed by atoms with Crippen LogP contribution in [0.25, 0.3) is 16.9 Å². The van der Waals surface area contributed by atoms with Gasteiger partial charge in [-0.3, -0.25) is 0 Å². The van der Waals surface area contributed by atoms with Gasteiger partial charge < -0.3 is 24.6 Å². The van der Waals surface area contributed by atoms with Crippen LogP contribution < -0.4 is 19.5 Å². The van der Waals surface area contributed by atoms with Gasteiger partial charge >= 0.3 is 0 Å². The molecule has 0 fully saturated rings. The predicted octanol–water partition coefficient (Wildman–Crippen LogP) is 2.85. The lowest BCUT2D eigenvalue weighted by atomic mass is 10.1. The predicted molar refractivity (Wildman–Crippen MR) is 107 cm³/mol. The summed E-state index contributed by atoms with van der Waals surface area (Å²) < 4.78 is 18.0. The summed E-state index contributed by atoms with van der Waals surface area (Å²) in [5, 5.41) is 17.5. The molecule has 0 aliphatic heterocycles. The van der Waals surface area contributed by atoms with E-state index in [0.717, 1.165) is 11.3 Å². The molecule has 0 unspecified atom stereocenters. The van der Waals surface area contributed by atoms with Crippen LogP contribution in [0.5, 0.6) is 17.2 Å². The van der Waals surface area contributed by atoms with Crippen molar-refractivity contribution >= 4 is 11.5 Å². The number of nitrogens with zero attached hydrogens (tertiary/aromatic N) is 3. The number of rotatable bonds is 8. The minimum absolute atomic E-state index is 0.0288. The Morgan fingerprint density at radius 3 is 2.29 bits per heavy atom. The smallest absolute Gasteiger partial charge is 0.203 e. The standard InChI is InChI=1S/C20H26N4O4/c1-12(2)14(11-25)22-18-6-7-19-21-10-15(24(19)23-18)13-8-16(26-3)20(28-5)17(9-13)27-4/h6-10,12,14,25H,11H2,1-5H3,(H,22,23)/t14-/m1/s1. The lowest BCUT2D eigenvalue weighted by Gasteiger charge is -2.20. The average Bonchev–Trinajstić information content (AvgIpc) is 3.13. The summed E-state index contributed by atoms with van der Waals surface area (Å²) >= 11 is 0. The molecule has 0 saturated carbocycles. The van der Waals surface area contributed by atoms with E-state index in [2.05, 4.69) is 15.4 Å². The van der Waals surface area contributed by atoms with Gasteiger partial charge in [0.15, 0.2) is 17.1 Å². The van der Waals surface area contributed by atoms with Gasteiger partial charge in [-0.05, 0) is 30.2 Å². The zero-order chi connectivity index (χ0) is 20.3. The molecule has 0 radical (unpaired) electrons. The van der Waals surface area contributed by atoms with E-state index < -0.39 is 0 Å². The van der Waals surface area contributed by atoms with Crippen molar-refractivity contribution in [3.8, 4) is 28.5 Å². The highest BCUT2D eigenvalue weighted by atomic mass is 16.5. The maximum absolute atomic E-state index is 9.58. The van der Waals surface area contributed by atoms with Crippen LogP contribution in [0.2, 0.25) is 0 Å². The number of methoxy groups -OCH3 is 3. The third-order valence-electron chi connectivity index (χ3n) is 4.66. The number of ether oxygens (including phenoxy) is 3. The normalized spacial score (nSPS) is 12.2. The number of anilines is 1. The van der Waals surface area contributed by atoms with Gasteiger partial charge in [-0.2, -0.15) is 0 Å². The molecule has 1 aromatic carbocycles. The van der Waals surface area contributed by atoms with E-state index in [9.17, 15) is 5.11 Å². The number of hydrogen-bond donors (Lipinski definition) is 2. The molecule has 0 aliphatic rings. The molecule has 2 aromatic heterocycles. The summed E-state index contributed by atoms with van der Waals surface area (Å²) in [6, 6.07) is 7.37. The van der Waals surface area contributed by atoms with Gasteiger partial charge in [-0.1, -0.05) is 13.8 Å². The first-order valence-electron chi connectivity index (χ1n) is 9.04. The third kappa shape index (κ3) is 3.68. The highest BCUT2D eigenvalue weighted by Gasteiger charge is 2.18. The highest BCUT2D eigenvalue weighted by molar-refractivity contribution is 5.70. The first-order valence-corrected chi connectivity index (χ1v) is 9.04. The molecule has 3 rings (SSSR count). The van der Waals surface area contributed by atoms with Crippen molar-refractivity contribution in [2.45, 2.75) is 19.9 Å². The van der Waals surface area contributed by atoms with Gasteiger partial charge in [-0.15, -0.1) is 5.10 Å². The van der Waals surface area contributed by atoms with Crippen LogP contribution in [0.3, 0.4) is 0 Å². The van der Waals surface area contributed by atoms with E-state index in [0.29, 0.717) is 28.7 Å². The number of nitrogens with one attached hydrogen (secondary N) is 1. The average molecular weight is 386 g/mol. The zero-order valence-electron chi connectivity index (χ0n) is 16.8. The van der Waals surface area contributed by atoms with E-state index in [1.54, 1.807) is 32.0 Å². The van der Waals surface area contributed by atoms with Crippen LogP contribution in [0.4, 0.5) is 5.82 Å². The van der Waals surface area contributed by atoms with Gasteiger partial charge in [0.1, 0.15) is 5.82 Å². The molecule has 28 heavy (non-hydrogen) atoms. The highest BCUT2D eigenvalue weighted by Crippen LogP contribution is 2.41. The molecule has 0 aliphatic carbocycles.